The molecule has 0 saturated carbocycles. The first kappa shape index (κ1) is 20.2. The lowest BCUT2D eigenvalue weighted by Crippen LogP contribution is -2.32. The summed E-state index contributed by atoms with van der Waals surface area (Å²) >= 11 is 5.93. The van der Waals surface area contributed by atoms with Crippen LogP contribution in [0.3, 0.4) is 0 Å². The molecule has 0 aliphatic rings. The van der Waals surface area contributed by atoms with Crippen molar-refractivity contribution in [1.29, 1.82) is 0 Å². The molecule has 1 amide bonds. The molecule has 0 radical (unpaired) electrons. The quantitative estimate of drug-likeness (QED) is 0.442. The normalized spacial score (nSPS) is 10.7. The summed E-state index contributed by atoms with van der Waals surface area (Å²) in [5, 5.41) is 3.37. The number of halogens is 1. The fourth-order valence-corrected chi connectivity index (χ4v) is 2.29. The van der Waals surface area contributed by atoms with Gasteiger partial charge in [0.15, 0.2) is 0 Å². The van der Waals surface area contributed by atoms with Crippen molar-refractivity contribution >= 4 is 23.4 Å². The van der Waals surface area contributed by atoms with E-state index in [1.165, 1.54) is 0 Å². The largest absolute Gasteiger partial charge is 0.444 e. The van der Waals surface area contributed by atoms with Crippen molar-refractivity contribution in [2.45, 2.75) is 58.5 Å². The van der Waals surface area contributed by atoms with Crippen LogP contribution in [0.4, 0.5) is 10.5 Å². The van der Waals surface area contributed by atoms with Crippen molar-refractivity contribution in [3.8, 4) is 11.8 Å². The van der Waals surface area contributed by atoms with Gasteiger partial charge in [0.25, 0.3) is 0 Å². The van der Waals surface area contributed by atoms with Crippen LogP contribution in [0.2, 0.25) is 5.02 Å². The van der Waals surface area contributed by atoms with Crippen molar-refractivity contribution in [1.82, 2.24) is 5.32 Å². The molecule has 0 bridgehead atoms. The van der Waals surface area contributed by atoms with Gasteiger partial charge in [-0.3, -0.25) is 0 Å². The Balaban J connectivity index is 2.09. The Morgan fingerprint density at radius 2 is 1.92 bits per heavy atom. The Kier molecular flexibility index (Phi) is 8.49. The zero-order valence-corrected chi connectivity index (χ0v) is 15.5. The molecule has 3 N–H and O–H groups in total. The van der Waals surface area contributed by atoms with Gasteiger partial charge in [-0.1, -0.05) is 36.3 Å². The summed E-state index contributed by atoms with van der Waals surface area (Å²) in [4.78, 5) is 11.4. The second-order valence-electron chi connectivity index (χ2n) is 6.67. The van der Waals surface area contributed by atoms with Gasteiger partial charge >= 0.3 is 6.09 Å². The summed E-state index contributed by atoms with van der Waals surface area (Å²) in [5.41, 5.74) is 6.75. The van der Waals surface area contributed by atoms with E-state index in [4.69, 9.17) is 22.1 Å². The first-order valence-corrected chi connectivity index (χ1v) is 8.66. The molecule has 0 spiro atoms. The minimum atomic E-state index is -0.448. The van der Waals surface area contributed by atoms with Gasteiger partial charge in [-0.05, 0) is 51.8 Å². The number of hydrogen-bond acceptors (Lipinski definition) is 3. The minimum Gasteiger partial charge on any atom is -0.444 e. The lowest BCUT2D eigenvalue weighted by molar-refractivity contribution is 0.0527. The van der Waals surface area contributed by atoms with Crippen molar-refractivity contribution in [3.63, 3.8) is 0 Å². The van der Waals surface area contributed by atoms with Gasteiger partial charge in [-0.25, -0.2) is 4.79 Å². The molecule has 24 heavy (non-hydrogen) atoms. The first-order valence-electron chi connectivity index (χ1n) is 8.28. The number of carbonyl (C=O) groups is 1. The lowest BCUT2D eigenvalue weighted by atomic mass is 10.1. The van der Waals surface area contributed by atoms with Gasteiger partial charge in [0, 0.05) is 29.2 Å². The molecule has 132 valence electrons. The van der Waals surface area contributed by atoms with Crippen LogP contribution >= 0.6 is 11.6 Å². The van der Waals surface area contributed by atoms with Crippen molar-refractivity contribution in [2.24, 2.45) is 0 Å². The number of rotatable bonds is 6. The molecule has 1 aromatic carbocycles. The van der Waals surface area contributed by atoms with Crippen LogP contribution in [-0.4, -0.2) is 18.2 Å². The van der Waals surface area contributed by atoms with Crippen LogP contribution in [0.15, 0.2) is 18.2 Å². The van der Waals surface area contributed by atoms with Crippen LogP contribution in [0.1, 0.15) is 58.4 Å². The molecule has 0 aliphatic carbocycles. The number of nitrogens with two attached hydrogens (primary N) is 1. The molecule has 4 nitrogen and oxygen atoms in total. The molecule has 0 saturated heterocycles. The maximum absolute atomic E-state index is 11.4. The lowest BCUT2D eigenvalue weighted by Gasteiger charge is -2.19. The minimum absolute atomic E-state index is 0.353. The third kappa shape index (κ3) is 10.0. The highest BCUT2D eigenvalue weighted by atomic mass is 35.5. The summed E-state index contributed by atoms with van der Waals surface area (Å²) in [7, 11) is 0. The summed E-state index contributed by atoms with van der Waals surface area (Å²) < 4.78 is 5.17. The second-order valence-corrected chi connectivity index (χ2v) is 7.10. The van der Waals surface area contributed by atoms with Gasteiger partial charge in [-0.2, -0.15) is 0 Å². The van der Waals surface area contributed by atoms with Gasteiger partial charge in [-0.15, -0.1) is 0 Å². The Morgan fingerprint density at radius 1 is 1.21 bits per heavy atom. The van der Waals surface area contributed by atoms with Gasteiger partial charge in [0.1, 0.15) is 5.60 Å². The van der Waals surface area contributed by atoms with Crippen LogP contribution in [0, 0.1) is 11.8 Å². The SMILES string of the molecule is CC(C)(C)OC(=O)NCCCCCCC#Cc1cc(N)cc(Cl)c1. The van der Waals surface area contributed by atoms with E-state index in [2.05, 4.69) is 17.2 Å². The highest BCUT2D eigenvalue weighted by Gasteiger charge is 2.15. The molecule has 0 aromatic heterocycles. The van der Waals surface area contributed by atoms with E-state index < -0.39 is 5.60 Å². The smallest absolute Gasteiger partial charge is 0.407 e. The number of nitrogens with one attached hydrogen (secondary N) is 1. The predicted molar refractivity (Wildman–Crippen MR) is 100 cm³/mol. The molecule has 0 atom stereocenters. The predicted octanol–water partition coefficient (Wildman–Crippen LogP) is 4.75. The number of alkyl carbamates (subject to hydrolysis) is 1. The van der Waals surface area contributed by atoms with Crippen LogP contribution in [0.25, 0.3) is 0 Å². The molecule has 0 fully saturated rings. The Morgan fingerprint density at radius 3 is 2.58 bits per heavy atom. The maximum Gasteiger partial charge on any atom is 0.407 e. The Labute approximate surface area is 150 Å². The van der Waals surface area contributed by atoms with E-state index in [1.807, 2.05) is 32.9 Å². The van der Waals surface area contributed by atoms with Gasteiger partial charge < -0.3 is 15.8 Å². The number of anilines is 1. The monoisotopic (exact) mass is 350 g/mol. The highest BCUT2D eigenvalue weighted by Crippen LogP contribution is 2.15. The zero-order valence-electron chi connectivity index (χ0n) is 14.7. The molecule has 0 heterocycles. The average molecular weight is 351 g/mol. The van der Waals surface area contributed by atoms with Crippen molar-refractivity contribution in [3.05, 3.63) is 28.8 Å². The molecular weight excluding hydrogens is 324 g/mol. The summed E-state index contributed by atoms with van der Waals surface area (Å²) in [6, 6.07) is 5.34. The van der Waals surface area contributed by atoms with Gasteiger partial charge in [0.2, 0.25) is 0 Å². The number of unbranched alkanes of at least 4 members (excludes halogenated alkanes) is 4. The molecule has 1 rings (SSSR count). The van der Waals surface area contributed by atoms with Crippen LogP contribution in [-0.2, 0) is 4.74 Å². The van der Waals surface area contributed by atoms with E-state index >= 15 is 0 Å². The fraction of sp³-hybridized carbons (Fsp3) is 0.526. The summed E-state index contributed by atoms with van der Waals surface area (Å²) in [6.45, 7) is 6.20. The van der Waals surface area contributed by atoms with Crippen molar-refractivity contribution < 1.29 is 9.53 Å². The van der Waals surface area contributed by atoms with Crippen LogP contribution < -0.4 is 11.1 Å². The molecule has 0 aliphatic heterocycles. The first-order chi connectivity index (χ1) is 11.3. The molecule has 5 heteroatoms. The third-order valence-electron chi connectivity index (χ3n) is 3.05. The number of nitrogen functional groups attached to an aromatic ring is 1. The van der Waals surface area contributed by atoms with Crippen molar-refractivity contribution in [2.75, 3.05) is 12.3 Å². The highest BCUT2D eigenvalue weighted by molar-refractivity contribution is 6.30. The summed E-state index contributed by atoms with van der Waals surface area (Å²) in [5.74, 6) is 6.21. The van der Waals surface area contributed by atoms with E-state index in [0.29, 0.717) is 17.3 Å². The van der Waals surface area contributed by atoms with E-state index in [-0.39, 0.29) is 6.09 Å². The molecular formula is C19H27ClN2O2. The maximum atomic E-state index is 11.4. The zero-order chi connectivity index (χ0) is 18.0. The third-order valence-corrected chi connectivity index (χ3v) is 3.27. The van der Waals surface area contributed by atoms with E-state index in [9.17, 15) is 4.79 Å². The fourth-order valence-electron chi connectivity index (χ4n) is 2.05. The average Bonchev–Trinajstić information content (AvgIpc) is 2.42. The van der Waals surface area contributed by atoms with E-state index in [0.717, 1.165) is 37.7 Å². The topological polar surface area (TPSA) is 64.3 Å². The second kappa shape index (κ2) is 10.1. The number of benzene rings is 1. The number of amides is 1. The van der Waals surface area contributed by atoms with Crippen LogP contribution in [0.5, 0.6) is 0 Å². The standard InChI is InChI=1S/C19H27ClN2O2/c1-19(2,3)24-18(23)22-11-9-7-5-4-6-8-10-15-12-16(20)14-17(21)13-15/h12-14H,4-7,9,11,21H2,1-3H3,(H,22,23). The number of ether oxygens (including phenoxy) is 1. The molecule has 0 unspecified atom stereocenters. The number of hydrogen-bond donors (Lipinski definition) is 2. The Hall–Kier alpha value is -1.86. The van der Waals surface area contributed by atoms with E-state index in [1.54, 1.807) is 6.07 Å². The van der Waals surface area contributed by atoms with Gasteiger partial charge in [0.05, 0.1) is 0 Å². The summed E-state index contributed by atoms with van der Waals surface area (Å²) in [6.07, 6.45) is 4.61. The Bertz CT molecular complexity index is 577. The number of carbonyl (C=O) groups excluding carboxylic acids is 1. The molecule has 1 aromatic rings.